The summed E-state index contributed by atoms with van der Waals surface area (Å²) in [5, 5.41) is 3.06. The van der Waals surface area contributed by atoms with Gasteiger partial charge in [-0.15, -0.1) is 0 Å². The number of benzene rings is 2. The highest BCUT2D eigenvalue weighted by atomic mass is 35.5. The van der Waals surface area contributed by atoms with E-state index in [1.807, 2.05) is 0 Å². The van der Waals surface area contributed by atoms with Gasteiger partial charge in [0.1, 0.15) is 5.76 Å². The molecule has 146 valence electrons. The fraction of sp³-hybridized carbons (Fsp3) is 0.0909. The number of allylic oxidation sites excluding steroid dienone is 3. The molecule has 2 aromatic carbocycles. The van der Waals surface area contributed by atoms with Crippen LogP contribution in [0, 0.1) is 5.92 Å². The zero-order chi connectivity index (χ0) is 21.0. The molecule has 1 N–H and O–H groups in total. The second-order valence-corrected chi connectivity index (χ2v) is 6.71. The number of carbonyl (C=O) groups is 4. The molecule has 0 spiro atoms. The van der Waals surface area contributed by atoms with Crippen LogP contribution in [-0.4, -0.2) is 23.4 Å². The first-order chi connectivity index (χ1) is 13.8. The molecule has 1 unspecified atom stereocenters. The number of hydrogen-bond acceptors (Lipinski definition) is 5. The van der Waals surface area contributed by atoms with E-state index in [4.69, 9.17) is 16.3 Å². The number of nitrogens with one attached hydrogen (secondary N) is 1. The van der Waals surface area contributed by atoms with Crippen molar-refractivity contribution >= 4 is 46.8 Å². The Balaban J connectivity index is 1.72. The molecule has 2 aromatic rings. The Labute approximate surface area is 171 Å². The van der Waals surface area contributed by atoms with Crippen LogP contribution in [0.15, 0.2) is 66.4 Å². The molecular formula is C22H16ClNO5. The lowest BCUT2D eigenvalue weighted by molar-refractivity contribution is -0.151. The van der Waals surface area contributed by atoms with E-state index < -0.39 is 23.5 Å². The van der Waals surface area contributed by atoms with Gasteiger partial charge in [-0.1, -0.05) is 41.9 Å². The Bertz CT molecular complexity index is 1070. The fourth-order valence-electron chi connectivity index (χ4n) is 2.74. The minimum Gasteiger partial charge on any atom is -0.430 e. The molecule has 0 bridgehead atoms. The van der Waals surface area contributed by atoms with Gasteiger partial charge in [-0.2, -0.15) is 0 Å². The number of amides is 1. The first-order valence-corrected chi connectivity index (χ1v) is 9.04. The van der Waals surface area contributed by atoms with Crippen molar-refractivity contribution < 1.29 is 23.9 Å². The number of hydrogen-bond donors (Lipinski definition) is 1. The maximum absolute atomic E-state index is 12.4. The molecule has 0 aromatic heterocycles. The summed E-state index contributed by atoms with van der Waals surface area (Å²) in [6, 6.07) is 13.4. The highest BCUT2D eigenvalue weighted by Crippen LogP contribution is 2.19. The summed E-state index contributed by atoms with van der Waals surface area (Å²) in [5.74, 6) is -3.85. The summed E-state index contributed by atoms with van der Waals surface area (Å²) in [7, 11) is 0. The zero-order valence-electron chi connectivity index (χ0n) is 15.3. The molecule has 1 atom stereocenters. The van der Waals surface area contributed by atoms with E-state index in [1.165, 1.54) is 13.0 Å². The van der Waals surface area contributed by atoms with Gasteiger partial charge in [0.2, 0.25) is 0 Å². The van der Waals surface area contributed by atoms with E-state index >= 15 is 0 Å². The van der Waals surface area contributed by atoms with Gasteiger partial charge in [-0.25, -0.2) is 0 Å². The predicted octanol–water partition coefficient (Wildman–Crippen LogP) is 3.82. The number of carbonyl (C=O) groups excluding carboxylic acids is 4. The number of halogens is 1. The number of rotatable bonds is 5. The van der Waals surface area contributed by atoms with Crippen LogP contribution in [0.2, 0.25) is 5.02 Å². The van der Waals surface area contributed by atoms with Crippen LogP contribution in [0.4, 0.5) is 5.69 Å². The van der Waals surface area contributed by atoms with Crippen LogP contribution in [-0.2, 0) is 19.1 Å². The molecule has 1 amide bonds. The van der Waals surface area contributed by atoms with Crippen molar-refractivity contribution in [3.05, 3.63) is 82.6 Å². The van der Waals surface area contributed by atoms with Crippen molar-refractivity contribution in [1.29, 1.82) is 0 Å². The monoisotopic (exact) mass is 409 g/mol. The molecule has 0 fully saturated rings. The van der Waals surface area contributed by atoms with Gasteiger partial charge in [0, 0.05) is 11.8 Å². The van der Waals surface area contributed by atoms with Crippen molar-refractivity contribution in [2.75, 3.05) is 5.32 Å². The summed E-state index contributed by atoms with van der Waals surface area (Å²) in [4.78, 5) is 48.3. The van der Waals surface area contributed by atoms with Crippen molar-refractivity contribution in [3.63, 3.8) is 0 Å². The first-order valence-electron chi connectivity index (χ1n) is 8.67. The Morgan fingerprint density at radius 3 is 2.59 bits per heavy atom. The van der Waals surface area contributed by atoms with E-state index in [0.717, 1.165) is 12.2 Å². The standard InChI is InChI=1S/C22H16ClNO5/c1-13-11-19(26)20(22(28)29-13)18(25)10-9-14-5-4-6-15(12-14)24-21(27)16-7-2-3-8-17(16)23/h2-12,20H,1H3,(H,24,27). The van der Waals surface area contributed by atoms with Gasteiger partial charge in [-0.05, 0) is 42.8 Å². The third kappa shape index (κ3) is 4.86. The van der Waals surface area contributed by atoms with Crippen molar-refractivity contribution in [3.8, 4) is 0 Å². The molecule has 3 rings (SSSR count). The van der Waals surface area contributed by atoms with E-state index in [2.05, 4.69) is 5.32 Å². The molecule has 1 aliphatic rings. The first kappa shape index (κ1) is 20.2. The Morgan fingerprint density at radius 2 is 1.86 bits per heavy atom. The van der Waals surface area contributed by atoms with Crippen LogP contribution < -0.4 is 5.32 Å². The third-order valence-electron chi connectivity index (χ3n) is 4.11. The smallest absolute Gasteiger partial charge is 0.329 e. The normalized spacial score (nSPS) is 16.3. The van der Waals surface area contributed by atoms with Gasteiger partial charge < -0.3 is 10.1 Å². The second-order valence-electron chi connectivity index (χ2n) is 6.31. The average Bonchev–Trinajstić information content (AvgIpc) is 2.66. The van der Waals surface area contributed by atoms with Crippen LogP contribution in [0.25, 0.3) is 6.08 Å². The third-order valence-corrected chi connectivity index (χ3v) is 4.44. The lowest BCUT2D eigenvalue weighted by Gasteiger charge is -2.15. The zero-order valence-corrected chi connectivity index (χ0v) is 16.1. The van der Waals surface area contributed by atoms with Crippen LogP contribution >= 0.6 is 11.6 Å². The summed E-state index contributed by atoms with van der Waals surface area (Å²) in [5.41, 5.74) is 1.43. The predicted molar refractivity (Wildman–Crippen MR) is 108 cm³/mol. The van der Waals surface area contributed by atoms with Crippen LogP contribution in [0.3, 0.4) is 0 Å². The summed E-state index contributed by atoms with van der Waals surface area (Å²) < 4.78 is 4.85. The lowest BCUT2D eigenvalue weighted by Crippen LogP contribution is -2.34. The van der Waals surface area contributed by atoms with E-state index in [-0.39, 0.29) is 11.7 Å². The number of anilines is 1. The Hall–Kier alpha value is -3.51. The average molecular weight is 410 g/mol. The molecule has 0 aliphatic carbocycles. The highest BCUT2D eigenvalue weighted by Gasteiger charge is 2.36. The highest BCUT2D eigenvalue weighted by molar-refractivity contribution is 6.34. The van der Waals surface area contributed by atoms with Crippen molar-refractivity contribution in [2.45, 2.75) is 6.92 Å². The molecule has 1 aliphatic heterocycles. The minimum absolute atomic E-state index is 0.162. The second kappa shape index (κ2) is 8.67. The molecule has 0 saturated carbocycles. The Kier molecular flexibility index (Phi) is 6.04. The van der Waals surface area contributed by atoms with Gasteiger partial charge in [-0.3, -0.25) is 19.2 Å². The van der Waals surface area contributed by atoms with Gasteiger partial charge in [0.25, 0.3) is 5.91 Å². The summed E-state index contributed by atoms with van der Waals surface area (Å²) >= 11 is 6.03. The van der Waals surface area contributed by atoms with Crippen molar-refractivity contribution in [1.82, 2.24) is 0 Å². The van der Waals surface area contributed by atoms with Crippen LogP contribution in [0.1, 0.15) is 22.8 Å². The molecule has 7 heteroatoms. The molecule has 1 heterocycles. The summed E-state index contributed by atoms with van der Waals surface area (Å²) in [6.45, 7) is 1.47. The van der Waals surface area contributed by atoms with Crippen molar-refractivity contribution in [2.24, 2.45) is 5.92 Å². The molecule has 29 heavy (non-hydrogen) atoms. The number of esters is 1. The summed E-state index contributed by atoms with van der Waals surface area (Å²) in [6.07, 6.45) is 3.73. The Morgan fingerprint density at radius 1 is 1.10 bits per heavy atom. The maximum atomic E-state index is 12.4. The van der Waals surface area contributed by atoms with Gasteiger partial charge in [0.15, 0.2) is 17.5 Å². The van der Waals surface area contributed by atoms with E-state index in [9.17, 15) is 19.2 Å². The quantitative estimate of drug-likeness (QED) is 0.460. The molecule has 0 radical (unpaired) electrons. The minimum atomic E-state index is -1.49. The van der Waals surface area contributed by atoms with Gasteiger partial charge in [0.05, 0.1) is 10.6 Å². The molecule has 6 nitrogen and oxygen atoms in total. The topological polar surface area (TPSA) is 89.5 Å². The van der Waals surface area contributed by atoms with E-state index in [1.54, 1.807) is 48.5 Å². The van der Waals surface area contributed by atoms with E-state index in [0.29, 0.717) is 21.8 Å². The largest absolute Gasteiger partial charge is 0.430 e. The number of cyclic esters (lactones) is 1. The van der Waals surface area contributed by atoms with Crippen LogP contribution in [0.5, 0.6) is 0 Å². The number of ketones is 2. The maximum Gasteiger partial charge on any atom is 0.329 e. The fourth-order valence-corrected chi connectivity index (χ4v) is 2.96. The van der Waals surface area contributed by atoms with Gasteiger partial charge >= 0.3 is 5.97 Å². The molecule has 0 saturated heterocycles. The SMILES string of the molecule is CC1=CC(=O)C(C(=O)C=Cc2cccc(NC(=O)c3ccccc3Cl)c2)C(=O)O1. The number of ether oxygens (including phenoxy) is 1. The lowest BCUT2D eigenvalue weighted by atomic mass is 9.96. The molecular weight excluding hydrogens is 394 g/mol.